The van der Waals surface area contributed by atoms with Gasteiger partial charge in [-0.1, -0.05) is 30.0 Å². The molecule has 1 aliphatic heterocycles. The molecule has 3 rings (SSSR count). The van der Waals surface area contributed by atoms with Gasteiger partial charge in [-0.25, -0.2) is 0 Å². The summed E-state index contributed by atoms with van der Waals surface area (Å²) in [7, 11) is 0. The number of fused-ring (bicyclic) bond motifs is 1. The van der Waals surface area contributed by atoms with Gasteiger partial charge in [-0.05, 0) is 38.3 Å². The molecule has 1 saturated carbocycles. The normalized spacial score (nSPS) is 38.5. The van der Waals surface area contributed by atoms with Crippen molar-refractivity contribution < 1.29 is 4.74 Å². The van der Waals surface area contributed by atoms with Gasteiger partial charge in [0.15, 0.2) is 0 Å². The molecule has 2 heteroatoms. The van der Waals surface area contributed by atoms with Crippen LogP contribution in [0.15, 0.2) is 35.2 Å². The van der Waals surface area contributed by atoms with Gasteiger partial charge in [-0.3, -0.25) is 0 Å². The smallest absolute Gasteiger partial charge is 0.121 e. The van der Waals surface area contributed by atoms with E-state index >= 15 is 0 Å². The van der Waals surface area contributed by atoms with Crippen molar-refractivity contribution >= 4 is 11.8 Å². The monoisotopic (exact) mass is 220 g/mol. The summed E-state index contributed by atoms with van der Waals surface area (Å²) in [5, 5.41) is 0. The topological polar surface area (TPSA) is 9.23 Å². The Bertz CT molecular complexity index is 351. The highest BCUT2D eigenvalue weighted by Crippen LogP contribution is 2.58. The van der Waals surface area contributed by atoms with Crippen LogP contribution in [0.1, 0.15) is 26.2 Å². The first-order chi connectivity index (χ1) is 7.28. The molecule has 1 saturated heterocycles. The Balaban J connectivity index is 1.78. The van der Waals surface area contributed by atoms with Gasteiger partial charge < -0.3 is 4.74 Å². The Hall–Kier alpha value is -0.470. The van der Waals surface area contributed by atoms with Crippen LogP contribution in [0.5, 0.6) is 0 Å². The summed E-state index contributed by atoms with van der Waals surface area (Å²) >= 11 is 1.93. The minimum atomic E-state index is 0.126. The molecule has 80 valence electrons. The highest BCUT2D eigenvalue weighted by Gasteiger charge is 2.54. The molecule has 1 heterocycles. The number of thioether (sulfide) groups is 1. The van der Waals surface area contributed by atoms with E-state index in [2.05, 4.69) is 37.3 Å². The van der Waals surface area contributed by atoms with Crippen LogP contribution in [0.2, 0.25) is 0 Å². The first-order valence-corrected chi connectivity index (χ1v) is 6.52. The van der Waals surface area contributed by atoms with Gasteiger partial charge in [-0.2, -0.15) is 0 Å². The first kappa shape index (κ1) is 9.73. The highest BCUT2D eigenvalue weighted by atomic mass is 32.2. The second-order valence-electron chi connectivity index (χ2n) is 4.63. The lowest BCUT2D eigenvalue weighted by atomic mass is 9.80. The lowest BCUT2D eigenvalue weighted by Gasteiger charge is -2.42. The zero-order valence-electron chi connectivity index (χ0n) is 8.98. The summed E-state index contributed by atoms with van der Waals surface area (Å²) in [4.78, 5) is 1.47. The van der Waals surface area contributed by atoms with Crippen molar-refractivity contribution in [1.29, 1.82) is 0 Å². The standard InChI is InChI=1S/C13H16OS/c1-10-9-11-7-8-13(11,14-10)15-12-5-3-2-4-6-12/h2-6,10-11H,7-9H2,1H3/t10-,11-,13+/m1/s1. The van der Waals surface area contributed by atoms with Gasteiger partial charge in [-0.15, -0.1) is 0 Å². The Morgan fingerprint density at radius 3 is 2.73 bits per heavy atom. The summed E-state index contributed by atoms with van der Waals surface area (Å²) in [5.41, 5.74) is 0. The fourth-order valence-corrected chi connectivity index (χ4v) is 4.18. The third-order valence-corrected chi connectivity index (χ3v) is 5.00. The molecular weight excluding hydrogens is 204 g/mol. The minimum absolute atomic E-state index is 0.126. The maximum atomic E-state index is 6.11. The number of ether oxygens (including phenoxy) is 1. The average molecular weight is 220 g/mol. The summed E-state index contributed by atoms with van der Waals surface area (Å²) in [6.45, 7) is 2.20. The summed E-state index contributed by atoms with van der Waals surface area (Å²) in [6, 6.07) is 10.6. The predicted octanol–water partition coefficient (Wildman–Crippen LogP) is 3.69. The van der Waals surface area contributed by atoms with Gasteiger partial charge in [0.05, 0.1) is 6.10 Å². The molecule has 0 spiro atoms. The van der Waals surface area contributed by atoms with Crippen molar-refractivity contribution in [3.8, 4) is 0 Å². The zero-order chi connectivity index (χ0) is 10.3. The van der Waals surface area contributed by atoms with Crippen LogP contribution >= 0.6 is 11.8 Å². The summed E-state index contributed by atoms with van der Waals surface area (Å²) in [6.07, 6.45) is 4.28. The molecule has 1 aliphatic carbocycles. The molecule has 3 atom stereocenters. The molecule has 0 N–H and O–H groups in total. The average Bonchev–Trinajstić information content (AvgIpc) is 2.44. The van der Waals surface area contributed by atoms with E-state index in [4.69, 9.17) is 4.74 Å². The maximum absolute atomic E-state index is 6.11. The fourth-order valence-electron chi connectivity index (χ4n) is 2.67. The van der Waals surface area contributed by atoms with Crippen molar-refractivity contribution in [2.45, 2.75) is 42.1 Å². The molecule has 0 bridgehead atoms. The summed E-state index contributed by atoms with van der Waals surface area (Å²) in [5.74, 6) is 0.790. The van der Waals surface area contributed by atoms with Gasteiger partial charge in [0.2, 0.25) is 0 Å². The second kappa shape index (κ2) is 3.53. The van der Waals surface area contributed by atoms with Crippen LogP contribution in [0, 0.1) is 5.92 Å². The van der Waals surface area contributed by atoms with E-state index in [0.29, 0.717) is 6.10 Å². The Morgan fingerprint density at radius 2 is 2.13 bits per heavy atom. The van der Waals surface area contributed by atoms with E-state index in [1.54, 1.807) is 0 Å². The molecular formula is C13H16OS. The Morgan fingerprint density at radius 1 is 1.33 bits per heavy atom. The van der Waals surface area contributed by atoms with Crippen LogP contribution < -0.4 is 0 Å². The van der Waals surface area contributed by atoms with Crippen molar-refractivity contribution in [3.05, 3.63) is 30.3 Å². The van der Waals surface area contributed by atoms with Gasteiger partial charge in [0, 0.05) is 10.8 Å². The Labute approximate surface area is 95.2 Å². The van der Waals surface area contributed by atoms with E-state index in [-0.39, 0.29) is 4.93 Å². The lowest BCUT2D eigenvalue weighted by Crippen LogP contribution is -2.41. The predicted molar refractivity (Wildman–Crippen MR) is 62.9 cm³/mol. The molecule has 1 aromatic rings. The molecule has 0 aromatic heterocycles. The fraction of sp³-hybridized carbons (Fsp3) is 0.538. The van der Waals surface area contributed by atoms with Crippen molar-refractivity contribution in [2.24, 2.45) is 5.92 Å². The summed E-state index contributed by atoms with van der Waals surface area (Å²) < 4.78 is 6.11. The third kappa shape index (κ3) is 1.60. The van der Waals surface area contributed by atoms with Crippen LogP contribution in [0.4, 0.5) is 0 Å². The van der Waals surface area contributed by atoms with Crippen molar-refractivity contribution in [1.82, 2.24) is 0 Å². The molecule has 0 amide bonds. The van der Waals surface area contributed by atoms with Crippen LogP contribution in [0.25, 0.3) is 0 Å². The third-order valence-electron chi connectivity index (χ3n) is 3.51. The second-order valence-corrected chi connectivity index (χ2v) is 5.99. The largest absolute Gasteiger partial charge is 0.361 e. The lowest BCUT2D eigenvalue weighted by molar-refractivity contribution is -0.0275. The molecule has 0 radical (unpaired) electrons. The first-order valence-electron chi connectivity index (χ1n) is 5.70. The molecule has 0 unspecified atom stereocenters. The molecule has 1 aromatic carbocycles. The van der Waals surface area contributed by atoms with E-state index < -0.39 is 0 Å². The van der Waals surface area contributed by atoms with Crippen LogP contribution in [0.3, 0.4) is 0 Å². The molecule has 15 heavy (non-hydrogen) atoms. The van der Waals surface area contributed by atoms with Gasteiger partial charge in [0.25, 0.3) is 0 Å². The molecule has 2 fully saturated rings. The molecule has 2 aliphatic rings. The number of hydrogen-bond acceptors (Lipinski definition) is 2. The molecule has 1 nitrogen and oxygen atoms in total. The zero-order valence-corrected chi connectivity index (χ0v) is 9.80. The van der Waals surface area contributed by atoms with E-state index in [1.807, 2.05) is 11.8 Å². The van der Waals surface area contributed by atoms with Gasteiger partial charge in [0.1, 0.15) is 4.93 Å². The van der Waals surface area contributed by atoms with E-state index in [0.717, 1.165) is 5.92 Å². The van der Waals surface area contributed by atoms with Gasteiger partial charge >= 0.3 is 0 Å². The minimum Gasteiger partial charge on any atom is -0.361 e. The van der Waals surface area contributed by atoms with Crippen LogP contribution in [-0.4, -0.2) is 11.0 Å². The number of rotatable bonds is 2. The number of hydrogen-bond donors (Lipinski definition) is 0. The quantitative estimate of drug-likeness (QED) is 0.751. The Kier molecular flexibility index (Phi) is 2.29. The van der Waals surface area contributed by atoms with Crippen molar-refractivity contribution in [3.63, 3.8) is 0 Å². The van der Waals surface area contributed by atoms with E-state index in [9.17, 15) is 0 Å². The SMILES string of the molecule is C[C@@H]1C[C@H]2CC[C@@]2(Sc2ccccc2)O1. The highest BCUT2D eigenvalue weighted by molar-refractivity contribution is 8.00. The van der Waals surface area contributed by atoms with E-state index in [1.165, 1.54) is 24.2 Å². The van der Waals surface area contributed by atoms with Crippen LogP contribution in [-0.2, 0) is 4.74 Å². The number of benzene rings is 1. The van der Waals surface area contributed by atoms with Crippen molar-refractivity contribution in [2.75, 3.05) is 0 Å². The maximum Gasteiger partial charge on any atom is 0.121 e.